The number of anilines is 1. The average Bonchev–Trinajstić information content (AvgIpc) is 3.44. The predicted molar refractivity (Wildman–Crippen MR) is 175 cm³/mol. The van der Waals surface area contributed by atoms with Crippen LogP contribution in [0.1, 0.15) is 74.8 Å². The van der Waals surface area contributed by atoms with Gasteiger partial charge in [0.2, 0.25) is 5.88 Å². The molecule has 0 amide bonds. The highest BCUT2D eigenvalue weighted by molar-refractivity contribution is 7.18. The molecule has 0 aromatic carbocycles. The molecule has 1 saturated heterocycles. The van der Waals surface area contributed by atoms with E-state index in [4.69, 9.17) is 4.74 Å². The predicted octanol–water partition coefficient (Wildman–Crippen LogP) is 7.06. The molecular formula is C34H43F3N8OS. The second-order valence-corrected chi connectivity index (χ2v) is 15.0. The summed E-state index contributed by atoms with van der Waals surface area (Å²) in [5.74, 6) is 3.18. The van der Waals surface area contributed by atoms with Crippen molar-refractivity contribution in [3.05, 3.63) is 40.8 Å². The number of hydrogen-bond donors (Lipinski definition) is 2. The number of allylic oxidation sites excluding steroid dienone is 1. The largest absolute Gasteiger partial charge is 0.477 e. The Hall–Kier alpha value is -3.37. The number of aromatic nitrogens is 4. The fourth-order valence-electron chi connectivity index (χ4n) is 7.71. The van der Waals surface area contributed by atoms with E-state index >= 15 is 0 Å². The number of ether oxygens (including phenoxy) is 1. The van der Waals surface area contributed by atoms with Crippen LogP contribution in [0.4, 0.5) is 19.0 Å². The van der Waals surface area contributed by atoms with Crippen LogP contribution in [-0.4, -0.2) is 74.5 Å². The second-order valence-electron chi connectivity index (χ2n) is 13.9. The third kappa shape index (κ3) is 8.20. The maximum atomic E-state index is 12.9. The first-order valence-corrected chi connectivity index (χ1v) is 18.0. The van der Waals surface area contributed by atoms with Gasteiger partial charge in [0, 0.05) is 48.6 Å². The minimum atomic E-state index is -4.24. The summed E-state index contributed by atoms with van der Waals surface area (Å²) in [6.07, 6.45) is 10.0. The number of thiophene rings is 1. The van der Waals surface area contributed by atoms with Gasteiger partial charge in [-0.1, -0.05) is 19.3 Å². The van der Waals surface area contributed by atoms with Gasteiger partial charge in [-0.25, -0.2) is 9.97 Å². The fraction of sp³-hybridized carbons (Fsp3) is 0.647. The number of rotatable bonds is 13. The smallest absolute Gasteiger partial charge is 0.393 e. The topological polar surface area (TPSA) is 106 Å². The molecule has 9 nitrogen and oxygen atoms in total. The number of likely N-dealkylation sites (tertiary alicyclic amines) is 1. The van der Waals surface area contributed by atoms with Gasteiger partial charge in [0.25, 0.3) is 0 Å². The number of hydrogen-bond acceptors (Lipinski definition) is 9. The van der Waals surface area contributed by atoms with E-state index < -0.39 is 12.6 Å². The van der Waals surface area contributed by atoms with Gasteiger partial charge >= 0.3 is 6.18 Å². The molecule has 252 valence electrons. The molecule has 4 aliphatic rings. The summed E-state index contributed by atoms with van der Waals surface area (Å²) in [6, 6.07) is 6.56. The number of halogens is 3. The first kappa shape index (κ1) is 32.2. The number of unbranched alkanes of at least 4 members (excludes halogenated alkanes) is 1. The number of H-pyrrole nitrogens is 1. The first-order valence-electron chi connectivity index (χ1n) is 17.1. The Bertz CT molecular complexity index is 1590. The van der Waals surface area contributed by atoms with Crippen LogP contribution in [0, 0.1) is 29.1 Å². The number of piperidine rings is 1. The molecule has 2 saturated carbocycles. The molecule has 7 rings (SSSR count). The number of nitrogens with zero attached hydrogens (tertiary/aromatic N) is 6. The van der Waals surface area contributed by atoms with E-state index in [1.165, 1.54) is 32.0 Å². The summed E-state index contributed by atoms with van der Waals surface area (Å²) in [6.45, 7) is 4.32. The van der Waals surface area contributed by atoms with Crippen LogP contribution in [0.2, 0.25) is 0 Å². The van der Waals surface area contributed by atoms with Gasteiger partial charge in [-0.05, 0) is 68.9 Å². The summed E-state index contributed by atoms with van der Waals surface area (Å²) in [5.41, 5.74) is 1.74. The summed E-state index contributed by atoms with van der Waals surface area (Å²) in [4.78, 5) is 14.2. The Labute approximate surface area is 277 Å². The Kier molecular flexibility index (Phi) is 9.59. The van der Waals surface area contributed by atoms with E-state index in [1.54, 1.807) is 6.07 Å². The third-order valence-electron chi connectivity index (χ3n) is 10.3. The number of aromatic amines is 1. The first-order chi connectivity index (χ1) is 22.8. The lowest BCUT2D eigenvalue weighted by atomic mass is 9.78. The molecule has 0 bridgehead atoms. The van der Waals surface area contributed by atoms with Gasteiger partial charge in [0.05, 0.1) is 30.7 Å². The highest BCUT2D eigenvalue weighted by Crippen LogP contribution is 2.41. The van der Waals surface area contributed by atoms with Crippen molar-refractivity contribution in [1.82, 2.24) is 30.0 Å². The summed E-state index contributed by atoms with van der Waals surface area (Å²) < 4.78 is 44.7. The van der Waals surface area contributed by atoms with Gasteiger partial charge in [-0.3, -0.25) is 5.10 Å². The molecule has 2 aliphatic heterocycles. The minimum Gasteiger partial charge on any atom is -0.477 e. The van der Waals surface area contributed by atoms with E-state index in [0.717, 1.165) is 86.8 Å². The van der Waals surface area contributed by atoms with Crippen LogP contribution in [0.3, 0.4) is 0 Å². The Balaban J connectivity index is 0.864. The van der Waals surface area contributed by atoms with Crippen molar-refractivity contribution in [2.75, 3.05) is 31.6 Å². The molecule has 0 radical (unpaired) electrons. The van der Waals surface area contributed by atoms with Gasteiger partial charge in [0.15, 0.2) is 0 Å². The molecule has 2 aliphatic carbocycles. The minimum absolute atomic E-state index is 0.219. The number of nitriles is 1. The van der Waals surface area contributed by atoms with Crippen molar-refractivity contribution in [1.29, 1.82) is 5.26 Å². The van der Waals surface area contributed by atoms with Crippen LogP contribution < -0.4 is 10.1 Å². The zero-order chi connectivity index (χ0) is 32.4. The molecule has 3 aromatic rings. The van der Waals surface area contributed by atoms with Crippen LogP contribution in [0.5, 0.6) is 5.88 Å². The molecule has 3 aromatic heterocycles. The van der Waals surface area contributed by atoms with Crippen LogP contribution in [0.25, 0.3) is 10.2 Å². The summed E-state index contributed by atoms with van der Waals surface area (Å²) in [7, 11) is 0. The van der Waals surface area contributed by atoms with Gasteiger partial charge in [0.1, 0.15) is 28.7 Å². The monoisotopic (exact) mass is 668 g/mol. The lowest BCUT2D eigenvalue weighted by Gasteiger charge is -2.40. The zero-order valence-corrected chi connectivity index (χ0v) is 27.5. The molecular weight excluding hydrogens is 625 g/mol. The Morgan fingerprint density at radius 2 is 1.89 bits per heavy atom. The SMILES string of the molecule is N#CC1=CC2CC(CN3CCC(Nc4ncnc5sc(CC(F)(F)F)cc45)CC3)CCC2N1Cc1cc(OCCCCC2CC2)n[nH]1. The maximum Gasteiger partial charge on any atom is 0.393 e. The summed E-state index contributed by atoms with van der Waals surface area (Å²) >= 11 is 1.08. The van der Waals surface area contributed by atoms with E-state index in [1.807, 2.05) is 6.07 Å². The summed E-state index contributed by atoms with van der Waals surface area (Å²) in [5, 5.41) is 21.6. The Morgan fingerprint density at radius 1 is 1.06 bits per heavy atom. The molecule has 3 fully saturated rings. The second kappa shape index (κ2) is 14.0. The van der Waals surface area contributed by atoms with Crippen LogP contribution in [-0.2, 0) is 13.0 Å². The van der Waals surface area contributed by atoms with Crippen molar-refractivity contribution >= 4 is 27.4 Å². The zero-order valence-electron chi connectivity index (χ0n) is 26.6. The molecule has 3 atom stereocenters. The van der Waals surface area contributed by atoms with E-state index in [9.17, 15) is 18.4 Å². The molecule has 47 heavy (non-hydrogen) atoms. The van der Waals surface area contributed by atoms with Gasteiger partial charge in [-0.2, -0.15) is 18.4 Å². The lowest BCUT2D eigenvalue weighted by Crippen LogP contribution is -2.44. The normalized spacial score (nSPS) is 23.9. The fourth-order valence-corrected chi connectivity index (χ4v) is 8.74. The average molecular weight is 669 g/mol. The highest BCUT2D eigenvalue weighted by atomic mass is 32.1. The van der Waals surface area contributed by atoms with E-state index in [-0.39, 0.29) is 10.9 Å². The standard InChI is InChI=1S/C34H43F3N8OS/c35-34(36,37)17-28-16-29-32(39-21-40-33(29)47-28)41-25-8-10-44(11-9-25)19-23-6-7-30-24(13-23)14-27(18-38)45(30)20-26-15-31(43-42-26)46-12-2-1-3-22-4-5-22/h14-16,21-25,30H,1-13,17,19-20H2,(H,42,43)(H,39,40,41). The molecule has 2 N–H and O–H groups in total. The number of nitrogens with one attached hydrogen (secondary N) is 2. The molecule has 0 spiro atoms. The quantitative estimate of drug-likeness (QED) is 0.187. The van der Waals surface area contributed by atoms with Gasteiger partial charge in [-0.15, -0.1) is 16.4 Å². The van der Waals surface area contributed by atoms with Crippen molar-refractivity contribution in [2.45, 2.75) is 95.4 Å². The van der Waals surface area contributed by atoms with Crippen LogP contribution in [0.15, 0.2) is 30.2 Å². The maximum absolute atomic E-state index is 12.9. The molecule has 5 heterocycles. The van der Waals surface area contributed by atoms with Crippen molar-refractivity contribution in [3.63, 3.8) is 0 Å². The van der Waals surface area contributed by atoms with Crippen molar-refractivity contribution in [3.8, 4) is 11.9 Å². The van der Waals surface area contributed by atoms with E-state index in [2.05, 4.69) is 47.4 Å². The number of fused-ring (bicyclic) bond motifs is 2. The number of alkyl halides is 3. The van der Waals surface area contributed by atoms with E-state index in [0.29, 0.717) is 52.9 Å². The van der Waals surface area contributed by atoms with Gasteiger partial charge < -0.3 is 19.9 Å². The lowest BCUT2D eigenvalue weighted by molar-refractivity contribution is -0.126. The van der Waals surface area contributed by atoms with Crippen molar-refractivity contribution in [2.24, 2.45) is 17.8 Å². The van der Waals surface area contributed by atoms with Crippen LogP contribution >= 0.6 is 11.3 Å². The highest BCUT2D eigenvalue weighted by Gasteiger charge is 2.40. The third-order valence-corrected chi connectivity index (χ3v) is 11.3. The molecule has 3 unspecified atom stereocenters. The van der Waals surface area contributed by atoms with Crippen molar-refractivity contribution < 1.29 is 17.9 Å². The molecule has 13 heteroatoms. The Morgan fingerprint density at radius 3 is 2.68 bits per heavy atom.